The van der Waals surface area contributed by atoms with Crippen molar-refractivity contribution in [3.63, 3.8) is 0 Å². The smallest absolute Gasteiger partial charge is 0.372 e. The Morgan fingerprint density at radius 2 is 2.24 bits per heavy atom. The molecule has 0 aromatic carbocycles. The molecule has 2 heterocycles. The monoisotopic (exact) mass is 234 g/mol. The van der Waals surface area contributed by atoms with E-state index >= 15 is 0 Å². The van der Waals surface area contributed by atoms with Gasteiger partial charge in [0.25, 0.3) is 5.56 Å². The first kappa shape index (κ1) is 11.1. The Kier molecular flexibility index (Phi) is 2.78. The number of aromatic carboxylic acids is 1. The lowest BCUT2D eigenvalue weighted by Crippen LogP contribution is -2.23. The number of hydrogen-bond acceptors (Lipinski definition) is 4. The number of carboxylic acid groups (broad SMARTS) is 1. The third-order valence-corrected chi connectivity index (χ3v) is 2.26. The van der Waals surface area contributed by atoms with Gasteiger partial charge in [0.05, 0.1) is 18.5 Å². The quantitative estimate of drug-likeness (QED) is 0.852. The number of aromatic nitrogens is 2. The first-order valence-electron chi connectivity index (χ1n) is 4.92. The van der Waals surface area contributed by atoms with Crippen molar-refractivity contribution < 1.29 is 14.3 Å². The molecular formula is C11H10N2O4. The molecule has 0 radical (unpaired) electrons. The third kappa shape index (κ3) is 2.25. The van der Waals surface area contributed by atoms with E-state index < -0.39 is 5.97 Å². The van der Waals surface area contributed by atoms with Gasteiger partial charge in [-0.25, -0.2) is 9.48 Å². The number of carboxylic acids is 1. The molecule has 17 heavy (non-hydrogen) atoms. The molecule has 0 amide bonds. The van der Waals surface area contributed by atoms with E-state index in [2.05, 4.69) is 5.10 Å². The number of carbonyl (C=O) groups is 1. The lowest BCUT2D eigenvalue weighted by Gasteiger charge is -2.03. The fraction of sp³-hybridized carbons (Fsp3) is 0.182. The lowest BCUT2D eigenvalue weighted by atomic mass is 10.2. The van der Waals surface area contributed by atoms with Crippen molar-refractivity contribution in [2.45, 2.75) is 13.5 Å². The zero-order valence-electron chi connectivity index (χ0n) is 9.08. The topological polar surface area (TPSA) is 85.3 Å². The summed E-state index contributed by atoms with van der Waals surface area (Å²) in [7, 11) is 0. The summed E-state index contributed by atoms with van der Waals surface area (Å²) < 4.78 is 6.03. The van der Waals surface area contributed by atoms with Crippen molar-refractivity contribution in [2.24, 2.45) is 0 Å². The summed E-state index contributed by atoms with van der Waals surface area (Å²) in [5, 5.41) is 12.9. The largest absolute Gasteiger partial charge is 0.475 e. The Bertz CT molecular complexity index is 612. The second-order valence-corrected chi connectivity index (χ2v) is 3.55. The maximum absolute atomic E-state index is 11.5. The summed E-state index contributed by atoms with van der Waals surface area (Å²) in [5.41, 5.74) is 0.816. The Labute approximate surface area is 96.1 Å². The number of hydrogen-bond donors (Lipinski definition) is 1. The lowest BCUT2D eigenvalue weighted by molar-refractivity contribution is 0.0660. The highest BCUT2D eigenvalue weighted by Crippen LogP contribution is 2.11. The van der Waals surface area contributed by atoms with Crippen LogP contribution in [0.4, 0.5) is 0 Å². The van der Waals surface area contributed by atoms with E-state index in [9.17, 15) is 9.59 Å². The highest BCUT2D eigenvalue weighted by atomic mass is 16.4. The number of furan rings is 1. The molecule has 0 aliphatic rings. The fourth-order valence-corrected chi connectivity index (χ4v) is 1.47. The van der Waals surface area contributed by atoms with E-state index in [1.54, 1.807) is 13.0 Å². The summed E-state index contributed by atoms with van der Waals surface area (Å²) in [5.74, 6) is -1.33. The molecule has 2 rings (SSSR count). The molecule has 0 bridgehead atoms. The molecule has 0 fully saturated rings. The standard InChI is InChI=1S/C11H10N2O4/c1-7-2-3-9(14)13(12-7)6-8-4-5-17-10(8)11(15)16/h2-5H,6H2,1H3,(H,15,16). The van der Waals surface area contributed by atoms with Crippen LogP contribution < -0.4 is 5.56 Å². The van der Waals surface area contributed by atoms with Crippen LogP contribution in [0.5, 0.6) is 0 Å². The first-order chi connectivity index (χ1) is 8.08. The SMILES string of the molecule is Cc1ccc(=O)n(Cc2ccoc2C(=O)O)n1. The van der Waals surface area contributed by atoms with Gasteiger partial charge in [-0.05, 0) is 19.1 Å². The molecule has 1 N–H and O–H groups in total. The van der Waals surface area contributed by atoms with Crippen molar-refractivity contribution in [3.8, 4) is 0 Å². The molecule has 0 saturated heterocycles. The average molecular weight is 234 g/mol. The molecule has 88 valence electrons. The molecule has 0 atom stereocenters. The Balaban J connectivity index is 2.38. The number of aryl methyl sites for hydroxylation is 1. The second kappa shape index (κ2) is 4.25. The molecule has 2 aromatic rings. The maximum Gasteiger partial charge on any atom is 0.372 e. The first-order valence-corrected chi connectivity index (χ1v) is 4.92. The van der Waals surface area contributed by atoms with Crippen LogP contribution in [-0.2, 0) is 6.54 Å². The van der Waals surface area contributed by atoms with Gasteiger partial charge in [0.15, 0.2) is 0 Å². The number of nitrogens with zero attached hydrogens (tertiary/aromatic N) is 2. The average Bonchev–Trinajstić information content (AvgIpc) is 2.71. The van der Waals surface area contributed by atoms with Crippen LogP contribution in [-0.4, -0.2) is 20.9 Å². The molecule has 6 heteroatoms. The van der Waals surface area contributed by atoms with Gasteiger partial charge < -0.3 is 9.52 Å². The Morgan fingerprint density at radius 3 is 2.94 bits per heavy atom. The van der Waals surface area contributed by atoms with Crippen molar-refractivity contribution in [1.82, 2.24) is 9.78 Å². The molecule has 0 saturated carbocycles. The van der Waals surface area contributed by atoms with E-state index in [4.69, 9.17) is 9.52 Å². The van der Waals surface area contributed by atoms with Crippen LogP contribution in [0, 0.1) is 6.92 Å². The van der Waals surface area contributed by atoms with Crippen LogP contribution in [0.25, 0.3) is 0 Å². The fourth-order valence-electron chi connectivity index (χ4n) is 1.47. The minimum atomic E-state index is -1.16. The second-order valence-electron chi connectivity index (χ2n) is 3.55. The van der Waals surface area contributed by atoms with Crippen molar-refractivity contribution in [3.05, 3.63) is 51.8 Å². The van der Waals surface area contributed by atoms with Crippen LogP contribution in [0.2, 0.25) is 0 Å². The molecule has 0 unspecified atom stereocenters. The van der Waals surface area contributed by atoms with Crippen LogP contribution in [0.1, 0.15) is 21.8 Å². The summed E-state index contributed by atoms with van der Waals surface area (Å²) >= 11 is 0. The molecule has 0 aliphatic carbocycles. The number of rotatable bonds is 3. The summed E-state index contributed by atoms with van der Waals surface area (Å²) in [4.78, 5) is 22.3. The third-order valence-electron chi connectivity index (χ3n) is 2.26. The van der Waals surface area contributed by atoms with Gasteiger partial charge in [-0.2, -0.15) is 5.10 Å². The van der Waals surface area contributed by atoms with Crippen LogP contribution >= 0.6 is 0 Å². The van der Waals surface area contributed by atoms with E-state index in [1.165, 1.54) is 23.1 Å². The minimum absolute atomic E-state index is 0.0820. The highest BCUT2D eigenvalue weighted by Gasteiger charge is 2.14. The van der Waals surface area contributed by atoms with Gasteiger partial charge in [0.2, 0.25) is 5.76 Å². The van der Waals surface area contributed by atoms with Crippen LogP contribution in [0.3, 0.4) is 0 Å². The molecule has 6 nitrogen and oxygen atoms in total. The van der Waals surface area contributed by atoms with Gasteiger partial charge in [0.1, 0.15) is 0 Å². The summed E-state index contributed by atoms with van der Waals surface area (Å²) in [6, 6.07) is 4.51. The molecule has 0 aliphatic heterocycles. The summed E-state index contributed by atoms with van der Waals surface area (Å²) in [6.45, 7) is 1.84. The molecule has 0 spiro atoms. The van der Waals surface area contributed by atoms with Gasteiger partial charge in [0, 0.05) is 11.6 Å². The van der Waals surface area contributed by atoms with Gasteiger partial charge >= 0.3 is 5.97 Å². The zero-order valence-corrected chi connectivity index (χ0v) is 9.08. The van der Waals surface area contributed by atoms with Gasteiger partial charge in [-0.3, -0.25) is 4.79 Å². The summed E-state index contributed by atoms with van der Waals surface area (Å²) in [6.07, 6.45) is 1.28. The van der Waals surface area contributed by atoms with E-state index in [1.807, 2.05) is 0 Å². The Hall–Kier alpha value is -2.37. The van der Waals surface area contributed by atoms with Crippen LogP contribution in [0.15, 0.2) is 33.7 Å². The highest BCUT2D eigenvalue weighted by molar-refractivity contribution is 5.86. The Morgan fingerprint density at radius 1 is 1.47 bits per heavy atom. The predicted octanol–water partition coefficient (Wildman–Crippen LogP) is 0.891. The molecular weight excluding hydrogens is 224 g/mol. The van der Waals surface area contributed by atoms with Crippen molar-refractivity contribution in [2.75, 3.05) is 0 Å². The van der Waals surface area contributed by atoms with E-state index in [0.717, 1.165) is 0 Å². The van der Waals surface area contributed by atoms with E-state index in [0.29, 0.717) is 11.3 Å². The van der Waals surface area contributed by atoms with E-state index in [-0.39, 0.29) is 17.9 Å². The van der Waals surface area contributed by atoms with Gasteiger partial charge in [-0.1, -0.05) is 0 Å². The normalized spacial score (nSPS) is 10.4. The van der Waals surface area contributed by atoms with Gasteiger partial charge in [-0.15, -0.1) is 0 Å². The van der Waals surface area contributed by atoms with Crippen molar-refractivity contribution in [1.29, 1.82) is 0 Å². The zero-order chi connectivity index (χ0) is 12.4. The molecule has 2 aromatic heterocycles. The maximum atomic E-state index is 11.5. The predicted molar refractivity (Wildman–Crippen MR) is 58.0 cm³/mol. The van der Waals surface area contributed by atoms with Crippen molar-refractivity contribution >= 4 is 5.97 Å². The minimum Gasteiger partial charge on any atom is -0.475 e.